The number of aliphatic imine (C=N–C) groups is 1. The molecule has 0 amide bonds. The largest absolute Gasteiger partial charge is 0.444 e. The zero-order valence-corrected chi connectivity index (χ0v) is 18.9. The van der Waals surface area contributed by atoms with E-state index >= 15 is 0 Å². The molecule has 2 N–H and O–H groups in total. The average Bonchev–Trinajstić information content (AvgIpc) is 3.15. The van der Waals surface area contributed by atoms with Gasteiger partial charge in [-0.15, -0.1) is 24.0 Å². The number of rotatable bonds is 6. The van der Waals surface area contributed by atoms with E-state index in [2.05, 4.69) is 48.7 Å². The van der Waals surface area contributed by atoms with E-state index < -0.39 is 0 Å². The summed E-state index contributed by atoms with van der Waals surface area (Å²) in [6, 6.07) is 18.0. The minimum atomic E-state index is 0. The molecule has 3 rings (SSSR count). The van der Waals surface area contributed by atoms with Gasteiger partial charge >= 0.3 is 0 Å². The van der Waals surface area contributed by atoms with E-state index in [1.165, 1.54) is 0 Å². The van der Waals surface area contributed by atoms with E-state index in [4.69, 9.17) is 4.42 Å². The molecule has 0 bridgehead atoms. The summed E-state index contributed by atoms with van der Waals surface area (Å²) >= 11 is 3.44. The lowest BCUT2D eigenvalue weighted by Gasteiger charge is -2.10. The van der Waals surface area contributed by atoms with Crippen LogP contribution in [0.5, 0.6) is 0 Å². The van der Waals surface area contributed by atoms with Crippen LogP contribution in [0.15, 0.2) is 74.7 Å². The third-order valence-electron chi connectivity index (χ3n) is 3.69. The number of nitrogens with one attached hydrogen (secondary N) is 2. The molecule has 0 fully saturated rings. The third-order valence-corrected chi connectivity index (χ3v) is 4.22. The highest BCUT2D eigenvalue weighted by molar-refractivity contribution is 14.0. The van der Waals surface area contributed by atoms with Crippen LogP contribution in [-0.2, 0) is 13.1 Å². The highest BCUT2D eigenvalue weighted by atomic mass is 127. The summed E-state index contributed by atoms with van der Waals surface area (Å²) in [6.45, 7) is 3.99. The molecule has 5 nitrogen and oxygen atoms in total. The predicted octanol–water partition coefficient (Wildman–Crippen LogP) is 4.98. The fraction of sp³-hybridized carbons (Fsp3) is 0.200. The van der Waals surface area contributed by atoms with Crippen molar-refractivity contribution >= 4 is 45.9 Å². The molecule has 0 spiro atoms. The van der Waals surface area contributed by atoms with Crippen molar-refractivity contribution in [1.82, 2.24) is 15.6 Å². The van der Waals surface area contributed by atoms with Gasteiger partial charge in [-0.2, -0.15) is 0 Å². The van der Waals surface area contributed by atoms with Crippen LogP contribution >= 0.6 is 39.9 Å². The van der Waals surface area contributed by atoms with E-state index in [-0.39, 0.29) is 24.0 Å². The van der Waals surface area contributed by atoms with Gasteiger partial charge in [0, 0.05) is 16.6 Å². The third kappa shape index (κ3) is 6.66. The van der Waals surface area contributed by atoms with Crippen LogP contribution < -0.4 is 10.6 Å². The maximum Gasteiger partial charge on any atom is 0.226 e. The molecule has 0 aliphatic heterocycles. The topological polar surface area (TPSA) is 62.5 Å². The molecule has 1 heterocycles. The van der Waals surface area contributed by atoms with Gasteiger partial charge in [0.05, 0.1) is 18.8 Å². The highest BCUT2D eigenvalue weighted by Gasteiger charge is 2.07. The van der Waals surface area contributed by atoms with Crippen molar-refractivity contribution in [3.63, 3.8) is 0 Å². The number of guanidine groups is 1. The van der Waals surface area contributed by atoms with Crippen LogP contribution in [-0.4, -0.2) is 17.5 Å². The highest BCUT2D eigenvalue weighted by Crippen LogP contribution is 2.17. The molecule has 1 aromatic heterocycles. The van der Waals surface area contributed by atoms with Crippen molar-refractivity contribution in [3.8, 4) is 11.5 Å². The van der Waals surface area contributed by atoms with E-state index in [1.807, 2.05) is 49.4 Å². The summed E-state index contributed by atoms with van der Waals surface area (Å²) in [7, 11) is 0. The molecule has 27 heavy (non-hydrogen) atoms. The monoisotopic (exact) mass is 540 g/mol. The quantitative estimate of drug-likeness (QED) is 0.263. The Balaban J connectivity index is 0.00000261. The van der Waals surface area contributed by atoms with Gasteiger partial charge in [0.2, 0.25) is 5.89 Å². The molecule has 142 valence electrons. The number of nitrogens with zero attached hydrogens (tertiary/aromatic N) is 2. The first-order chi connectivity index (χ1) is 12.7. The first kappa shape index (κ1) is 21.4. The molecule has 7 heteroatoms. The fourth-order valence-electron chi connectivity index (χ4n) is 2.38. The van der Waals surface area contributed by atoms with Crippen LogP contribution in [0.3, 0.4) is 0 Å². The molecular weight excluding hydrogens is 519 g/mol. The van der Waals surface area contributed by atoms with E-state index in [0.717, 1.165) is 33.8 Å². The molecule has 3 aromatic rings. The zero-order chi connectivity index (χ0) is 18.2. The van der Waals surface area contributed by atoms with Crippen LogP contribution in [0.1, 0.15) is 18.2 Å². The molecular formula is C20H22BrIN4O. The number of hydrogen-bond donors (Lipinski definition) is 2. The van der Waals surface area contributed by atoms with Crippen molar-refractivity contribution in [3.05, 3.63) is 76.6 Å². The number of hydrogen-bond acceptors (Lipinski definition) is 3. The second kappa shape index (κ2) is 11.1. The molecule has 0 radical (unpaired) electrons. The van der Waals surface area contributed by atoms with Gasteiger partial charge in [-0.3, -0.25) is 0 Å². The first-order valence-corrected chi connectivity index (χ1v) is 9.30. The molecule has 2 aromatic carbocycles. The number of benzene rings is 2. The Morgan fingerprint density at radius 2 is 1.81 bits per heavy atom. The molecule has 0 aliphatic rings. The van der Waals surface area contributed by atoms with Gasteiger partial charge in [0.25, 0.3) is 0 Å². The summed E-state index contributed by atoms with van der Waals surface area (Å²) in [4.78, 5) is 9.14. The Morgan fingerprint density at radius 1 is 1.07 bits per heavy atom. The smallest absolute Gasteiger partial charge is 0.226 e. The van der Waals surface area contributed by atoms with E-state index in [0.29, 0.717) is 19.0 Å². The first-order valence-electron chi connectivity index (χ1n) is 8.51. The normalized spacial score (nSPS) is 11.0. The predicted molar refractivity (Wildman–Crippen MR) is 123 cm³/mol. The summed E-state index contributed by atoms with van der Waals surface area (Å²) in [6.07, 6.45) is 1.67. The Hall–Kier alpha value is -1.87. The number of aromatic nitrogens is 1. The SMILES string of the molecule is CCNC(=NCc1ccc(Br)cc1)NCc1coc(-c2ccccc2)n1.I. The lowest BCUT2D eigenvalue weighted by Crippen LogP contribution is -2.36. The van der Waals surface area contributed by atoms with Crippen LogP contribution in [0, 0.1) is 0 Å². The minimum Gasteiger partial charge on any atom is -0.444 e. The lowest BCUT2D eigenvalue weighted by molar-refractivity contribution is 0.572. The van der Waals surface area contributed by atoms with Crippen molar-refractivity contribution in [2.24, 2.45) is 4.99 Å². The van der Waals surface area contributed by atoms with Crippen molar-refractivity contribution < 1.29 is 4.42 Å². The minimum absolute atomic E-state index is 0. The Kier molecular flexibility index (Phi) is 8.80. The van der Waals surface area contributed by atoms with Gasteiger partial charge in [-0.1, -0.05) is 46.3 Å². The number of oxazole rings is 1. The average molecular weight is 541 g/mol. The van der Waals surface area contributed by atoms with Gasteiger partial charge in [0.15, 0.2) is 5.96 Å². The molecule has 0 aliphatic carbocycles. The molecule has 0 saturated carbocycles. The lowest BCUT2D eigenvalue weighted by atomic mass is 10.2. The maximum atomic E-state index is 5.57. The van der Waals surface area contributed by atoms with Gasteiger partial charge in [0.1, 0.15) is 6.26 Å². The van der Waals surface area contributed by atoms with E-state index in [1.54, 1.807) is 6.26 Å². The number of halogens is 2. The summed E-state index contributed by atoms with van der Waals surface area (Å²) in [5.41, 5.74) is 2.95. The second-order valence-corrected chi connectivity index (χ2v) is 6.60. The van der Waals surface area contributed by atoms with Crippen LogP contribution in [0.2, 0.25) is 0 Å². The Labute approximate surface area is 184 Å². The zero-order valence-electron chi connectivity index (χ0n) is 15.0. The van der Waals surface area contributed by atoms with Gasteiger partial charge in [-0.25, -0.2) is 9.98 Å². The van der Waals surface area contributed by atoms with Gasteiger partial charge < -0.3 is 15.1 Å². The molecule has 0 unspecified atom stereocenters. The molecule has 0 saturated heterocycles. The summed E-state index contributed by atoms with van der Waals surface area (Å²) in [5.74, 6) is 1.37. The van der Waals surface area contributed by atoms with E-state index in [9.17, 15) is 0 Å². The van der Waals surface area contributed by atoms with Crippen LogP contribution in [0.4, 0.5) is 0 Å². The standard InChI is InChI=1S/C20H21BrN4O.HI/c1-2-22-20(23-12-15-8-10-17(21)11-9-15)24-13-18-14-26-19(25-18)16-6-4-3-5-7-16;/h3-11,14H,2,12-13H2,1H3,(H2,22,23,24);1H. The van der Waals surface area contributed by atoms with Crippen LogP contribution in [0.25, 0.3) is 11.5 Å². The maximum absolute atomic E-state index is 5.57. The Morgan fingerprint density at radius 3 is 2.52 bits per heavy atom. The summed E-state index contributed by atoms with van der Waals surface area (Å²) in [5, 5.41) is 6.53. The van der Waals surface area contributed by atoms with Crippen molar-refractivity contribution in [2.45, 2.75) is 20.0 Å². The summed E-state index contributed by atoms with van der Waals surface area (Å²) < 4.78 is 6.63. The van der Waals surface area contributed by atoms with Gasteiger partial charge in [-0.05, 0) is 36.8 Å². The molecule has 0 atom stereocenters. The fourth-order valence-corrected chi connectivity index (χ4v) is 2.64. The van der Waals surface area contributed by atoms with Crippen molar-refractivity contribution in [2.75, 3.05) is 6.54 Å². The Bertz CT molecular complexity index is 850. The second-order valence-electron chi connectivity index (χ2n) is 5.69. The van der Waals surface area contributed by atoms with Crippen molar-refractivity contribution in [1.29, 1.82) is 0 Å².